The number of rotatable bonds is 15. The van der Waals surface area contributed by atoms with Gasteiger partial charge in [-0.05, 0) is 50.8 Å². The van der Waals surface area contributed by atoms with Crippen LogP contribution in [0.5, 0.6) is 0 Å². The van der Waals surface area contributed by atoms with Crippen molar-refractivity contribution in [2.24, 2.45) is 4.99 Å². The summed E-state index contributed by atoms with van der Waals surface area (Å²) < 4.78 is 45.6. The van der Waals surface area contributed by atoms with Crippen LogP contribution in [-0.4, -0.2) is 67.7 Å². The molecule has 0 atom stereocenters. The second kappa shape index (κ2) is 14.3. The van der Waals surface area contributed by atoms with Crippen LogP contribution in [0, 0.1) is 24.0 Å². The molecule has 1 spiro atoms. The molecule has 1 aliphatic carbocycles. The van der Waals surface area contributed by atoms with Crippen molar-refractivity contribution in [2.75, 3.05) is 31.4 Å². The first-order valence-electron chi connectivity index (χ1n) is 15.8. The number of amidine groups is 1. The van der Waals surface area contributed by atoms with Gasteiger partial charge in [-0.15, -0.1) is 0 Å². The van der Waals surface area contributed by atoms with E-state index in [0.29, 0.717) is 36.1 Å². The molecule has 1 fully saturated rings. The normalized spacial score (nSPS) is 15.9. The van der Waals surface area contributed by atoms with Gasteiger partial charge in [-0.1, -0.05) is 55.6 Å². The van der Waals surface area contributed by atoms with E-state index in [-0.39, 0.29) is 53.3 Å². The topological polar surface area (TPSA) is 158 Å². The number of sulfonamides is 1. The number of amides is 1. The van der Waals surface area contributed by atoms with E-state index in [0.717, 1.165) is 35.8 Å². The Morgan fingerprint density at radius 2 is 1.85 bits per heavy atom. The fraction of sp³-hybridized carbons (Fsp3) is 0.485. The van der Waals surface area contributed by atoms with Crippen LogP contribution in [0.15, 0.2) is 56.9 Å². The average molecular weight is 668 g/mol. The first-order chi connectivity index (χ1) is 22.5. The number of aromatic nitrogens is 1. The van der Waals surface area contributed by atoms with Crippen molar-refractivity contribution in [3.05, 3.63) is 69.4 Å². The van der Waals surface area contributed by atoms with Gasteiger partial charge in [0.1, 0.15) is 18.1 Å². The van der Waals surface area contributed by atoms with Gasteiger partial charge in [-0.3, -0.25) is 24.8 Å². The number of nitro groups is 1. The lowest BCUT2D eigenvalue weighted by Crippen LogP contribution is -2.40. The Balaban J connectivity index is 1.52. The number of anilines is 1. The highest BCUT2D eigenvalue weighted by Crippen LogP contribution is 2.41. The van der Waals surface area contributed by atoms with Gasteiger partial charge in [0.05, 0.1) is 40.8 Å². The van der Waals surface area contributed by atoms with Crippen molar-refractivity contribution >= 4 is 33.3 Å². The third-order valence-electron chi connectivity index (χ3n) is 8.83. The van der Waals surface area contributed by atoms with Gasteiger partial charge in [-0.2, -0.15) is 0 Å². The van der Waals surface area contributed by atoms with Gasteiger partial charge in [0.25, 0.3) is 21.6 Å². The first kappa shape index (κ1) is 34.2. The lowest BCUT2D eigenvalue weighted by molar-refractivity contribution is -0.384. The number of hydrogen-bond acceptors (Lipinski definition) is 10. The van der Waals surface area contributed by atoms with Gasteiger partial charge < -0.3 is 14.0 Å². The maximum Gasteiger partial charge on any atom is 0.277 e. The number of carbonyl (C=O) groups is 1. The molecule has 0 saturated heterocycles. The molecular formula is C33H41N5O8S. The van der Waals surface area contributed by atoms with Crippen LogP contribution in [0.25, 0.3) is 11.1 Å². The molecule has 1 aromatic heterocycles. The molecular weight excluding hydrogens is 626 g/mol. The Morgan fingerprint density at radius 3 is 2.51 bits per heavy atom. The van der Waals surface area contributed by atoms with Crippen molar-refractivity contribution in [1.82, 2.24) is 10.1 Å². The van der Waals surface area contributed by atoms with E-state index in [1.165, 1.54) is 25.3 Å². The van der Waals surface area contributed by atoms with E-state index in [9.17, 15) is 23.3 Å². The summed E-state index contributed by atoms with van der Waals surface area (Å²) in [6.07, 6.45) is 5.80. The molecule has 0 unspecified atom stereocenters. The molecule has 0 N–H and O–H groups in total. The van der Waals surface area contributed by atoms with Crippen LogP contribution in [0.4, 0.5) is 11.6 Å². The smallest absolute Gasteiger partial charge is 0.277 e. The third-order valence-corrected chi connectivity index (χ3v) is 10.6. The summed E-state index contributed by atoms with van der Waals surface area (Å²) in [4.78, 5) is 32.1. The fourth-order valence-corrected chi connectivity index (χ4v) is 7.68. The van der Waals surface area contributed by atoms with Crippen LogP contribution < -0.4 is 4.31 Å². The maximum absolute atomic E-state index is 14.3. The molecule has 2 aliphatic rings. The summed E-state index contributed by atoms with van der Waals surface area (Å²) in [7, 11) is -2.89. The van der Waals surface area contributed by atoms with Crippen LogP contribution in [0.1, 0.15) is 68.7 Å². The lowest BCUT2D eigenvalue weighted by atomic mass is 9.97. The number of aryl methyl sites for hydroxylation is 1. The van der Waals surface area contributed by atoms with E-state index < -0.39 is 27.2 Å². The number of carbonyl (C=O) groups excluding carboxylic acids is 1. The minimum absolute atomic E-state index is 0.0181. The minimum Gasteiger partial charge on any atom is -0.382 e. The van der Waals surface area contributed by atoms with Gasteiger partial charge in [0.15, 0.2) is 0 Å². The fourth-order valence-electron chi connectivity index (χ4n) is 6.13. The summed E-state index contributed by atoms with van der Waals surface area (Å²) in [6.45, 7) is 5.56. The highest BCUT2D eigenvalue weighted by molar-refractivity contribution is 7.93. The molecule has 252 valence electrons. The predicted octanol–water partition coefficient (Wildman–Crippen LogP) is 5.93. The van der Waals surface area contributed by atoms with E-state index in [2.05, 4.69) is 12.1 Å². The summed E-state index contributed by atoms with van der Waals surface area (Å²) in [5, 5.41) is 16.4. The minimum atomic E-state index is -4.39. The second-order valence-corrected chi connectivity index (χ2v) is 13.8. The maximum atomic E-state index is 14.3. The van der Waals surface area contributed by atoms with Gasteiger partial charge in [0.2, 0.25) is 5.88 Å². The van der Waals surface area contributed by atoms with Crippen molar-refractivity contribution in [3.63, 3.8) is 0 Å². The molecule has 1 aliphatic heterocycles. The molecule has 14 heteroatoms. The van der Waals surface area contributed by atoms with Crippen LogP contribution >= 0.6 is 0 Å². The Morgan fingerprint density at radius 1 is 1.11 bits per heavy atom. The summed E-state index contributed by atoms with van der Waals surface area (Å²) in [6, 6.07) is 10.7. The predicted molar refractivity (Wildman–Crippen MR) is 176 cm³/mol. The largest absolute Gasteiger partial charge is 0.382 e. The molecule has 1 amide bonds. The Labute approximate surface area is 274 Å². The molecule has 0 bridgehead atoms. The average Bonchev–Trinajstić information content (AvgIpc) is 3.74. The monoisotopic (exact) mass is 667 g/mol. The second-order valence-electron chi connectivity index (χ2n) is 11.9. The molecule has 2 heterocycles. The number of ether oxygens (including phenoxy) is 2. The number of aliphatic imine (C=N–C) groups is 1. The van der Waals surface area contributed by atoms with Crippen molar-refractivity contribution in [1.29, 1.82) is 0 Å². The van der Waals surface area contributed by atoms with Crippen molar-refractivity contribution < 1.29 is 32.1 Å². The zero-order chi connectivity index (χ0) is 33.8. The van der Waals surface area contributed by atoms with Crippen LogP contribution in [-0.2, 0) is 30.8 Å². The van der Waals surface area contributed by atoms with E-state index in [1.807, 2.05) is 0 Å². The van der Waals surface area contributed by atoms with Crippen LogP contribution in [0.2, 0.25) is 0 Å². The number of hydrogen-bond donors (Lipinski definition) is 0. The number of nitro benzene ring substituents is 1. The zero-order valence-electron chi connectivity index (χ0n) is 27.2. The van der Waals surface area contributed by atoms with Gasteiger partial charge in [-0.25, -0.2) is 12.7 Å². The summed E-state index contributed by atoms with van der Waals surface area (Å²) in [5.74, 6) is 0.665. The number of nitrogens with zero attached hydrogens (tertiary/aromatic N) is 5. The highest BCUT2D eigenvalue weighted by Gasteiger charge is 2.49. The Bertz CT molecular complexity index is 1760. The van der Waals surface area contributed by atoms with Crippen LogP contribution in [0.3, 0.4) is 0 Å². The van der Waals surface area contributed by atoms with Crippen molar-refractivity contribution in [3.8, 4) is 11.1 Å². The van der Waals surface area contributed by atoms with Gasteiger partial charge in [0, 0.05) is 30.7 Å². The van der Waals surface area contributed by atoms with Gasteiger partial charge >= 0.3 is 0 Å². The number of benzene rings is 2. The number of unbranched alkanes of at least 4 members (excludes halogenated alkanes) is 1. The molecule has 13 nitrogen and oxygen atoms in total. The molecule has 47 heavy (non-hydrogen) atoms. The lowest BCUT2D eigenvalue weighted by Gasteiger charge is -2.24. The molecule has 1 saturated carbocycles. The summed E-state index contributed by atoms with van der Waals surface area (Å²) >= 11 is 0. The quantitative estimate of drug-likeness (QED) is 0.0829. The number of methoxy groups -OCH3 is 1. The molecule has 2 aromatic carbocycles. The van der Waals surface area contributed by atoms with E-state index in [1.54, 1.807) is 43.0 Å². The van der Waals surface area contributed by atoms with E-state index >= 15 is 0 Å². The Hall–Kier alpha value is -4.14. The van der Waals surface area contributed by atoms with Crippen molar-refractivity contribution in [2.45, 2.75) is 82.7 Å². The SMILES string of the molecule is CCCCC1=NC2(CCCC2)C(=O)N1Cc1ccc(-c2ccccc2S(=O)(=O)N(COCCOC)c2onc(C)c2C)c([N+](=O)[O-])c1. The molecule has 3 aromatic rings. The first-order valence-corrected chi connectivity index (χ1v) is 17.3. The summed E-state index contributed by atoms with van der Waals surface area (Å²) in [5.41, 5.74) is 0.812. The molecule has 5 rings (SSSR count). The molecule has 0 radical (unpaired) electrons. The third kappa shape index (κ3) is 6.81. The Kier molecular flexibility index (Phi) is 10.4. The highest BCUT2D eigenvalue weighted by atomic mass is 32.2. The zero-order valence-corrected chi connectivity index (χ0v) is 28.0. The standard InChI is InChI=1S/C33H41N5O8S/c1-5-6-13-30-34-33(16-9-10-17-33)32(39)36(30)21-25-14-15-26(28(20-25)38(40)41)27-11-7-8-12-29(27)47(42,43)37(22-45-19-18-44-4)31-23(2)24(3)35-46-31/h7-8,11-12,14-15,20H,5-6,9-10,13,16-19,21-22H2,1-4H3. The van der Waals surface area contributed by atoms with E-state index in [4.69, 9.17) is 19.0 Å².